The summed E-state index contributed by atoms with van der Waals surface area (Å²) in [6, 6.07) is 7.75. The number of benzene rings is 1. The molecule has 1 aliphatic carbocycles. The summed E-state index contributed by atoms with van der Waals surface area (Å²) in [5.74, 6) is 0.999. The Morgan fingerprint density at radius 2 is 1.85 bits per heavy atom. The number of carbonyl (C=O) groups excluding carboxylic acids is 1. The van der Waals surface area contributed by atoms with Gasteiger partial charge in [0.05, 0.1) is 0 Å². The van der Waals surface area contributed by atoms with E-state index in [0.717, 1.165) is 31.0 Å². The summed E-state index contributed by atoms with van der Waals surface area (Å²) in [5.41, 5.74) is 7.58. The Hall–Kier alpha value is -1.51. The van der Waals surface area contributed by atoms with Crippen molar-refractivity contribution in [2.24, 2.45) is 5.92 Å². The second kappa shape index (κ2) is 7.93. The summed E-state index contributed by atoms with van der Waals surface area (Å²) in [7, 11) is 0. The molecular weight excluding hydrogens is 248 g/mol. The van der Waals surface area contributed by atoms with E-state index >= 15 is 0 Å². The van der Waals surface area contributed by atoms with Crippen LogP contribution in [0.15, 0.2) is 24.3 Å². The molecule has 0 aromatic heterocycles. The molecule has 20 heavy (non-hydrogen) atoms. The molecule has 0 bridgehead atoms. The Morgan fingerprint density at radius 1 is 1.15 bits per heavy atom. The van der Waals surface area contributed by atoms with Crippen LogP contribution in [0.1, 0.15) is 50.5 Å². The van der Waals surface area contributed by atoms with E-state index in [1.807, 2.05) is 24.3 Å². The first-order valence-electron chi connectivity index (χ1n) is 7.85. The molecule has 1 aromatic rings. The Morgan fingerprint density at radius 3 is 2.55 bits per heavy atom. The van der Waals surface area contributed by atoms with E-state index in [-0.39, 0.29) is 5.91 Å². The number of nitrogen functional groups attached to an aromatic ring is 1. The molecule has 1 saturated carbocycles. The lowest BCUT2D eigenvalue weighted by molar-refractivity contribution is -0.121. The number of nitrogens with one attached hydrogen (secondary N) is 1. The van der Waals surface area contributed by atoms with Gasteiger partial charge in [0.15, 0.2) is 0 Å². The summed E-state index contributed by atoms with van der Waals surface area (Å²) >= 11 is 0. The van der Waals surface area contributed by atoms with Gasteiger partial charge in [-0.2, -0.15) is 0 Å². The minimum atomic E-state index is 0.164. The molecule has 3 N–H and O–H groups in total. The number of nitrogens with two attached hydrogens (primary N) is 1. The van der Waals surface area contributed by atoms with Crippen LogP contribution in [0.2, 0.25) is 0 Å². The zero-order valence-electron chi connectivity index (χ0n) is 12.2. The number of hydrogen-bond donors (Lipinski definition) is 2. The summed E-state index contributed by atoms with van der Waals surface area (Å²) in [4.78, 5) is 11.8. The number of anilines is 1. The highest BCUT2D eigenvalue weighted by molar-refractivity contribution is 5.76. The second-order valence-corrected chi connectivity index (χ2v) is 5.88. The molecule has 110 valence electrons. The zero-order chi connectivity index (χ0) is 14.2. The van der Waals surface area contributed by atoms with Crippen LogP contribution in [-0.2, 0) is 11.2 Å². The van der Waals surface area contributed by atoms with E-state index in [0.29, 0.717) is 6.42 Å². The SMILES string of the molecule is Nc1ccc(CCC(=O)NCCC2CCCCC2)cc1. The van der Waals surface area contributed by atoms with Crippen molar-refractivity contribution in [3.8, 4) is 0 Å². The van der Waals surface area contributed by atoms with Gasteiger partial charge in [0, 0.05) is 18.7 Å². The van der Waals surface area contributed by atoms with Crippen LogP contribution in [0.5, 0.6) is 0 Å². The molecule has 1 aromatic carbocycles. The van der Waals surface area contributed by atoms with E-state index in [2.05, 4.69) is 5.32 Å². The Kier molecular flexibility index (Phi) is 5.90. The quantitative estimate of drug-likeness (QED) is 0.782. The fraction of sp³-hybridized carbons (Fsp3) is 0.588. The molecule has 3 nitrogen and oxygen atoms in total. The van der Waals surface area contributed by atoms with Crippen molar-refractivity contribution in [2.45, 2.75) is 51.4 Å². The molecular formula is C17H26N2O. The van der Waals surface area contributed by atoms with Crippen LogP contribution < -0.4 is 11.1 Å². The van der Waals surface area contributed by atoms with Gasteiger partial charge >= 0.3 is 0 Å². The van der Waals surface area contributed by atoms with Crippen LogP contribution in [0, 0.1) is 5.92 Å². The van der Waals surface area contributed by atoms with Crippen molar-refractivity contribution in [3.05, 3.63) is 29.8 Å². The summed E-state index contributed by atoms with van der Waals surface area (Å²) < 4.78 is 0. The standard InChI is InChI=1S/C17H26N2O/c18-16-9-6-15(7-10-16)8-11-17(20)19-13-12-14-4-2-1-3-5-14/h6-7,9-10,14H,1-5,8,11-13,18H2,(H,19,20). The van der Waals surface area contributed by atoms with Crippen molar-refractivity contribution in [1.82, 2.24) is 5.32 Å². The Bertz CT molecular complexity index is 408. The third-order valence-electron chi connectivity index (χ3n) is 4.22. The van der Waals surface area contributed by atoms with Gasteiger partial charge in [-0.05, 0) is 36.5 Å². The molecule has 0 saturated heterocycles. The van der Waals surface area contributed by atoms with Gasteiger partial charge in [0.2, 0.25) is 5.91 Å². The molecule has 1 fully saturated rings. The monoisotopic (exact) mass is 274 g/mol. The Balaban J connectivity index is 1.59. The fourth-order valence-electron chi connectivity index (χ4n) is 2.92. The molecule has 0 heterocycles. The predicted octanol–water partition coefficient (Wildman–Crippen LogP) is 3.29. The number of hydrogen-bond acceptors (Lipinski definition) is 2. The third kappa shape index (κ3) is 5.24. The predicted molar refractivity (Wildman–Crippen MR) is 83.4 cm³/mol. The second-order valence-electron chi connectivity index (χ2n) is 5.88. The maximum atomic E-state index is 11.8. The van der Waals surface area contributed by atoms with Gasteiger partial charge < -0.3 is 11.1 Å². The van der Waals surface area contributed by atoms with Gasteiger partial charge in [0.1, 0.15) is 0 Å². The third-order valence-corrected chi connectivity index (χ3v) is 4.22. The average Bonchev–Trinajstić information content (AvgIpc) is 2.48. The normalized spacial score (nSPS) is 16.0. The summed E-state index contributed by atoms with van der Waals surface area (Å²) in [6.45, 7) is 0.839. The lowest BCUT2D eigenvalue weighted by atomic mass is 9.87. The molecule has 1 amide bonds. The van der Waals surface area contributed by atoms with Crippen LogP contribution >= 0.6 is 0 Å². The van der Waals surface area contributed by atoms with Crippen LogP contribution in [0.4, 0.5) is 5.69 Å². The fourth-order valence-corrected chi connectivity index (χ4v) is 2.92. The van der Waals surface area contributed by atoms with Crippen LogP contribution in [0.3, 0.4) is 0 Å². The molecule has 3 heteroatoms. The van der Waals surface area contributed by atoms with E-state index in [4.69, 9.17) is 5.73 Å². The van der Waals surface area contributed by atoms with Crippen molar-refractivity contribution < 1.29 is 4.79 Å². The molecule has 0 aliphatic heterocycles. The van der Waals surface area contributed by atoms with E-state index in [1.165, 1.54) is 37.7 Å². The van der Waals surface area contributed by atoms with Crippen molar-refractivity contribution in [3.63, 3.8) is 0 Å². The highest BCUT2D eigenvalue weighted by Gasteiger charge is 2.13. The first-order chi connectivity index (χ1) is 9.74. The number of rotatable bonds is 6. The topological polar surface area (TPSA) is 55.1 Å². The molecule has 0 spiro atoms. The van der Waals surface area contributed by atoms with Crippen molar-refractivity contribution in [2.75, 3.05) is 12.3 Å². The maximum absolute atomic E-state index is 11.8. The smallest absolute Gasteiger partial charge is 0.220 e. The van der Waals surface area contributed by atoms with Gasteiger partial charge in [-0.3, -0.25) is 4.79 Å². The van der Waals surface area contributed by atoms with Crippen molar-refractivity contribution in [1.29, 1.82) is 0 Å². The highest BCUT2D eigenvalue weighted by atomic mass is 16.1. The molecule has 2 rings (SSSR count). The minimum absolute atomic E-state index is 0.164. The molecule has 1 aliphatic rings. The molecule has 0 unspecified atom stereocenters. The Labute approximate surface area is 121 Å². The van der Waals surface area contributed by atoms with E-state index in [9.17, 15) is 4.79 Å². The van der Waals surface area contributed by atoms with E-state index in [1.54, 1.807) is 0 Å². The first-order valence-corrected chi connectivity index (χ1v) is 7.85. The zero-order valence-corrected chi connectivity index (χ0v) is 12.2. The maximum Gasteiger partial charge on any atom is 0.220 e. The molecule has 0 atom stereocenters. The number of aryl methyl sites for hydroxylation is 1. The van der Waals surface area contributed by atoms with Crippen molar-refractivity contribution >= 4 is 11.6 Å². The number of amides is 1. The lowest BCUT2D eigenvalue weighted by Gasteiger charge is -2.21. The van der Waals surface area contributed by atoms with Crippen LogP contribution in [-0.4, -0.2) is 12.5 Å². The van der Waals surface area contributed by atoms with Gasteiger partial charge in [-0.1, -0.05) is 44.2 Å². The highest BCUT2D eigenvalue weighted by Crippen LogP contribution is 2.25. The average molecular weight is 274 g/mol. The van der Waals surface area contributed by atoms with Gasteiger partial charge in [0.25, 0.3) is 0 Å². The molecule has 0 radical (unpaired) electrons. The summed E-state index contributed by atoms with van der Waals surface area (Å²) in [6.07, 6.45) is 9.33. The van der Waals surface area contributed by atoms with Gasteiger partial charge in [-0.25, -0.2) is 0 Å². The van der Waals surface area contributed by atoms with Gasteiger partial charge in [-0.15, -0.1) is 0 Å². The largest absolute Gasteiger partial charge is 0.399 e. The first kappa shape index (κ1) is 14.9. The lowest BCUT2D eigenvalue weighted by Crippen LogP contribution is -2.26. The summed E-state index contributed by atoms with van der Waals surface area (Å²) in [5, 5.41) is 3.05. The van der Waals surface area contributed by atoms with Crippen LogP contribution in [0.25, 0.3) is 0 Å². The van der Waals surface area contributed by atoms with E-state index < -0.39 is 0 Å². The minimum Gasteiger partial charge on any atom is -0.399 e. The number of carbonyl (C=O) groups is 1.